The third kappa shape index (κ3) is 6.06. The van der Waals surface area contributed by atoms with Crippen molar-refractivity contribution in [3.63, 3.8) is 0 Å². The highest BCUT2D eigenvalue weighted by Gasteiger charge is 2.34. The molecule has 0 fully saturated rings. The molecule has 0 unspecified atom stereocenters. The Morgan fingerprint density at radius 1 is 1.16 bits per heavy atom. The van der Waals surface area contributed by atoms with Gasteiger partial charge >= 0.3 is 6.18 Å². The Labute approximate surface area is 186 Å². The number of hydrogen-bond donors (Lipinski definition) is 1. The zero-order chi connectivity index (χ0) is 23.2. The van der Waals surface area contributed by atoms with Crippen LogP contribution in [0.2, 0.25) is 0 Å². The van der Waals surface area contributed by atoms with E-state index in [-0.39, 0.29) is 23.6 Å². The molecule has 10 heteroatoms. The second-order valence-electron chi connectivity index (χ2n) is 6.44. The van der Waals surface area contributed by atoms with E-state index in [1.807, 2.05) is 13.0 Å². The summed E-state index contributed by atoms with van der Waals surface area (Å²) in [5.41, 5.74) is 1.05. The molecule has 31 heavy (non-hydrogen) atoms. The second kappa shape index (κ2) is 10.4. The molecular formula is C21H21BrF3N3O3. The molecule has 0 aromatic heterocycles. The van der Waals surface area contributed by atoms with Crippen molar-refractivity contribution in [2.75, 3.05) is 14.2 Å². The van der Waals surface area contributed by atoms with Crippen LogP contribution in [0.5, 0.6) is 0 Å². The Balaban J connectivity index is 2.36. The lowest BCUT2D eigenvalue weighted by molar-refractivity contribution is -0.137. The molecule has 0 saturated carbocycles. The number of benzene rings is 2. The Morgan fingerprint density at radius 3 is 2.48 bits per heavy atom. The number of likely N-dealkylation sites (N-methyl/N-ethyl adjacent to an activating group) is 1. The van der Waals surface area contributed by atoms with Gasteiger partial charge in [-0.25, -0.2) is 0 Å². The molecule has 2 aromatic carbocycles. The van der Waals surface area contributed by atoms with Crippen molar-refractivity contribution < 1.29 is 27.6 Å². The molecule has 0 aliphatic carbocycles. The van der Waals surface area contributed by atoms with Gasteiger partial charge in [-0.15, -0.1) is 0 Å². The fourth-order valence-electron chi connectivity index (χ4n) is 2.85. The molecule has 1 amide bonds. The topological polar surface area (TPSA) is 72.3 Å². The van der Waals surface area contributed by atoms with Crippen LogP contribution in [0.4, 0.5) is 13.2 Å². The number of carbonyl (C=O) groups excluding carboxylic acids is 1. The minimum atomic E-state index is -4.54. The van der Waals surface area contributed by atoms with Crippen LogP contribution in [0.25, 0.3) is 0 Å². The van der Waals surface area contributed by atoms with Crippen LogP contribution in [-0.4, -0.2) is 31.5 Å². The van der Waals surface area contributed by atoms with E-state index in [0.29, 0.717) is 15.6 Å². The SMILES string of the molecule is CNC(=O)/C(=N/OC)c1cccc(C)c1CO/N=C(\C)c1ccc(Br)cc1C(F)(F)F. The van der Waals surface area contributed by atoms with E-state index in [0.717, 1.165) is 11.6 Å². The summed E-state index contributed by atoms with van der Waals surface area (Å²) in [6, 6.07) is 9.04. The minimum absolute atomic E-state index is 0.0419. The average Bonchev–Trinajstić information content (AvgIpc) is 2.72. The number of amides is 1. The molecule has 2 rings (SSSR count). The first-order valence-corrected chi connectivity index (χ1v) is 9.85. The van der Waals surface area contributed by atoms with E-state index in [9.17, 15) is 18.0 Å². The summed E-state index contributed by atoms with van der Waals surface area (Å²) in [4.78, 5) is 22.3. The van der Waals surface area contributed by atoms with Gasteiger partial charge in [-0.2, -0.15) is 13.2 Å². The van der Waals surface area contributed by atoms with Gasteiger partial charge in [-0.1, -0.05) is 50.5 Å². The summed E-state index contributed by atoms with van der Waals surface area (Å²) in [5.74, 6) is -0.460. The van der Waals surface area contributed by atoms with Gasteiger partial charge in [-0.3, -0.25) is 4.79 Å². The highest BCUT2D eigenvalue weighted by Crippen LogP contribution is 2.34. The van der Waals surface area contributed by atoms with E-state index >= 15 is 0 Å². The quantitative estimate of drug-likeness (QED) is 0.438. The van der Waals surface area contributed by atoms with Crippen LogP contribution < -0.4 is 5.32 Å². The van der Waals surface area contributed by atoms with E-state index in [2.05, 4.69) is 31.6 Å². The first kappa shape index (κ1) is 24.4. The Bertz CT molecular complexity index is 1020. The third-order valence-corrected chi connectivity index (χ3v) is 4.87. The number of oxime groups is 2. The summed E-state index contributed by atoms with van der Waals surface area (Å²) < 4.78 is 40.4. The lowest BCUT2D eigenvalue weighted by atomic mass is 9.98. The molecule has 6 nitrogen and oxygen atoms in total. The summed E-state index contributed by atoms with van der Waals surface area (Å²) in [6.07, 6.45) is -4.54. The number of halogens is 4. The molecule has 0 spiro atoms. The van der Waals surface area contributed by atoms with Gasteiger partial charge < -0.3 is 15.0 Å². The first-order chi connectivity index (χ1) is 14.6. The number of nitrogens with zero attached hydrogens (tertiary/aromatic N) is 2. The summed E-state index contributed by atoms with van der Waals surface area (Å²) in [7, 11) is 2.78. The number of carbonyl (C=O) groups is 1. The molecule has 0 bridgehead atoms. The third-order valence-electron chi connectivity index (χ3n) is 4.38. The number of alkyl halides is 3. The monoisotopic (exact) mass is 499 g/mol. The largest absolute Gasteiger partial charge is 0.417 e. The molecule has 0 saturated heterocycles. The van der Waals surface area contributed by atoms with E-state index < -0.39 is 17.6 Å². The van der Waals surface area contributed by atoms with Crippen LogP contribution in [-0.2, 0) is 27.3 Å². The standard InChI is InChI=1S/C21H21BrF3N3O3/c1-12-6-5-7-16(19(28-30-4)20(29)26-3)17(12)11-31-27-13(2)15-9-8-14(22)10-18(15)21(23,24)25/h5-10H,11H2,1-4H3,(H,26,29)/b27-13+,28-19+. The Morgan fingerprint density at radius 2 is 1.87 bits per heavy atom. The average molecular weight is 500 g/mol. The number of aryl methyl sites for hydroxylation is 1. The van der Waals surface area contributed by atoms with Gasteiger partial charge in [0.2, 0.25) is 0 Å². The maximum Gasteiger partial charge on any atom is 0.417 e. The summed E-state index contributed by atoms with van der Waals surface area (Å²) in [5, 5.41) is 10.2. The molecule has 0 aliphatic heterocycles. The van der Waals surface area contributed by atoms with E-state index in [1.165, 1.54) is 33.2 Å². The van der Waals surface area contributed by atoms with Gasteiger partial charge in [0.25, 0.3) is 5.91 Å². The van der Waals surface area contributed by atoms with Crippen molar-refractivity contribution >= 4 is 33.3 Å². The molecule has 0 atom stereocenters. The smallest absolute Gasteiger partial charge is 0.398 e. The van der Waals surface area contributed by atoms with Gasteiger partial charge in [-0.05, 0) is 31.5 Å². The van der Waals surface area contributed by atoms with Crippen LogP contribution in [0.15, 0.2) is 51.2 Å². The fourth-order valence-corrected chi connectivity index (χ4v) is 3.21. The van der Waals surface area contributed by atoms with Crippen molar-refractivity contribution in [1.29, 1.82) is 0 Å². The number of hydrogen-bond acceptors (Lipinski definition) is 5. The van der Waals surface area contributed by atoms with Crippen LogP contribution in [0, 0.1) is 6.92 Å². The minimum Gasteiger partial charge on any atom is -0.398 e. The highest BCUT2D eigenvalue weighted by atomic mass is 79.9. The predicted octanol–water partition coefficient (Wildman–Crippen LogP) is 4.81. The first-order valence-electron chi connectivity index (χ1n) is 9.05. The van der Waals surface area contributed by atoms with Crippen LogP contribution in [0.1, 0.15) is 34.7 Å². The summed E-state index contributed by atoms with van der Waals surface area (Å²) >= 11 is 3.06. The fraction of sp³-hybridized carbons (Fsp3) is 0.286. The lowest BCUT2D eigenvalue weighted by Crippen LogP contribution is -2.29. The van der Waals surface area contributed by atoms with Gasteiger partial charge in [0.1, 0.15) is 13.7 Å². The van der Waals surface area contributed by atoms with Gasteiger partial charge in [0.05, 0.1) is 11.3 Å². The van der Waals surface area contributed by atoms with Gasteiger partial charge in [0.15, 0.2) is 5.71 Å². The molecule has 1 N–H and O–H groups in total. The molecule has 2 aromatic rings. The highest BCUT2D eigenvalue weighted by molar-refractivity contribution is 9.10. The van der Waals surface area contributed by atoms with Crippen molar-refractivity contribution in [2.45, 2.75) is 26.6 Å². The van der Waals surface area contributed by atoms with Crippen molar-refractivity contribution in [3.8, 4) is 0 Å². The van der Waals surface area contributed by atoms with E-state index in [1.54, 1.807) is 12.1 Å². The maximum absolute atomic E-state index is 13.4. The summed E-state index contributed by atoms with van der Waals surface area (Å²) in [6.45, 7) is 3.15. The van der Waals surface area contributed by atoms with Crippen molar-refractivity contribution in [3.05, 3.63) is 68.7 Å². The lowest BCUT2D eigenvalue weighted by Gasteiger charge is -2.14. The van der Waals surface area contributed by atoms with Crippen molar-refractivity contribution in [2.24, 2.45) is 10.3 Å². The molecule has 0 aliphatic rings. The Hall–Kier alpha value is -2.88. The second-order valence-corrected chi connectivity index (χ2v) is 7.36. The molecular weight excluding hydrogens is 479 g/mol. The van der Waals surface area contributed by atoms with Crippen molar-refractivity contribution in [1.82, 2.24) is 5.32 Å². The van der Waals surface area contributed by atoms with Gasteiger partial charge in [0, 0.05) is 28.2 Å². The van der Waals surface area contributed by atoms with E-state index in [4.69, 9.17) is 9.68 Å². The number of rotatable bonds is 7. The van der Waals surface area contributed by atoms with Crippen LogP contribution in [0.3, 0.4) is 0 Å². The zero-order valence-corrected chi connectivity index (χ0v) is 18.9. The molecule has 166 valence electrons. The Kier molecular flexibility index (Phi) is 8.21. The zero-order valence-electron chi connectivity index (χ0n) is 17.3. The normalized spacial score (nSPS) is 12.5. The maximum atomic E-state index is 13.4. The predicted molar refractivity (Wildman–Crippen MR) is 115 cm³/mol. The number of nitrogens with one attached hydrogen (secondary N) is 1. The van der Waals surface area contributed by atoms with Crippen LogP contribution >= 0.6 is 15.9 Å². The molecule has 0 heterocycles. The molecule has 0 radical (unpaired) electrons.